The SMILES string of the molecule is CC(=CC1CCCCC1OC(=O)O)C(=O)O. The summed E-state index contributed by atoms with van der Waals surface area (Å²) in [4.78, 5) is 21.1. The number of ether oxygens (including phenoxy) is 1. The van der Waals surface area contributed by atoms with Crippen molar-refractivity contribution in [3.63, 3.8) is 0 Å². The van der Waals surface area contributed by atoms with Crippen molar-refractivity contribution in [3.8, 4) is 0 Å². The van der Waals surface area contributed by atoms with Crippen molar-refractivity contribution >= 4 is 12.1 Å². The van der Waals surface area contributed by atoms with Crippen LogP contribution in [0.15, 0.2) is 11.6 Å². The maximum Gasteiger partial charge on any atom is 0.506 e. The number of hydrogen-bond acceptors (Lipinski definition) is 3. The quantitative estimate of drug-likeness (QED) is 0.571. The summed E-state index contributed by atoms with van der Waals surface area (Å²) in [6.07, 6.45) is 3.26. The van der Waals surface area contributed by atoms with Crippen molar-refractivity contribution in [2.24, 2.45) is 5.92 Å². The van der Waals surface area contributed by atoms with Crippen molar-refractivity contribution in [1.29, 1.82) is 0 Å². The van der Waals surface area contributed by atoms with Crippen LogP contribution in [0.1, 0.15) is 32.6 Å². The fraction of sp³-hybridized carbons (Fsp3) is 0.636. The zero-order valence-corrected chi connectivity index (χ0v) is 9.18. The van der Waals surface area contributed by atoms with Gasteiger partial charge in [0.15, 0.2) is 0 Å². The Bertz CT molecular complexity index is 307. The van der Waals surface area contributed by atoms with Crippen LogP contribution in [0.3, 0.4) is 0 Å². The highest BCUT2D eigenvalue weighted by Gasteiger charge is 2.27. The Balaban J connectivity index is 2.70. The van der Waals surface area contributed by atoms with E-state index in [1.165, 1.54) is 6.92 Å². The number of hydrogen-bond donors (Lipinski definition) is 2. The molecule has 1 aliphatic carbocycles. The Morgan fingerprint density at radius 3 is 2.44 bits per heavy atom. The van der Waals surface area contributed by atoms with Crippen LogP contribution in [-0.2, 0) is 9.53 Å². The molecule has 1 aliphatic rings. The van der Waals surface area contributed by atoms with Crippen molar-refractivity contribution in [1.82, 2.24) is 0 Å². The second-order valence-electron chi connectivity index (χ2n) is 4.03. The van der Waals surface area contributed by atoms with Gasteiger partial charge in [0.2, 0.25) is 0 Å². The average molecular weight is 228 g/mol. The van der Waals surface area contributed by atoms with Crippen LogP contribution in [-0.4, -0.2) is 28.4 Å². The molecule has 0 aromatic heterocycles. The van der Waals surface area contributed by atoms with E-state index < -0.39 is 18.2 Å². The lowest BCUT2D eigenvalue weighted by Gasteiger charge is -2.28. The van der Waals surface area contributed by atoms with Crippen LogP contribution in [0.2, 0.25) is 0 Å². The van der Waals surface area contributed by atoms with Gasteiger partial charge in [-0.15, -0.1) is 0 Å². The molecule has 2 N–H and O–H groups in total. The molecule has 0 aromatic rings. The maximum atomic E-state index is 10.7. The first-order valence-corrected chi connectivity index (χ1v) is 5.32. The van der Waals surface area contributed by atoms with E-state index in [9.17, 15) is 9.59 Å². The Labute approximate surface area is 93.7 Å². The van der Waals surface area contributed by atoms with Crippen molar-refractivity contribution in [2.45, 2.75) is 38.7 Å². The molecule has 16 heavy (non-hydrogen) atoms. The number of aliphatic carboxylic acids is 1. The summed E-state index contributed by atoms with van der Waals surface area (Å²) >= 11 is 0. The minimum absolute atomic E-state index is 0.110. The largest absolute Gasteiger partial charge is 0.506 e. The lowest BCUT2D eigenvalue weighted by molar-refractivity contribution is -0.132. The van der Waals surface area contributed by atoms with Crippen LogP contribution in [0.25, 0.3) is 0 Å². The Morgan fingerprint density at radius 2 is 1.88 bits per heavy atom. The van der Waals surface area contributed by atoms with Crippen LogP contribution in [0.5, 0.6) is 0 Å². The topological polar surface area (TPSA) is 83.8 Å². The summed E-state index contributed by atoms with van der Waals surface area (Å²) in [5.74, 6) is -1.08. The summed E-state index contributed by atoms with van der Waals surface area (Å²) in [5.41, 5.74) is 0.242. The van der Waals surface area contributed by atoms with Crippen molar-refractivity contribution in [3.05, 3.63) is 11.6 Å². The highest BCUT2D eigenvalue weighted by Crippen LogP contribution is 2.28. The fourth-order valence-electron chi connectivity index (χ4n) is 1.98. The molecule has 0 aliphatic heterocycles. The lowest BCUT2D eigenvalue weighted by Crippen LogP contribution is -2.28. The zero-order valence-electron chi connectivity index (χ0n) is 9.18. The number of carboxylic acid groups (broad SMARTS) is 2. The molecule has 2 atom stereocenters. The van der Waals surface area contributed by atoms with Gasteiger partial charge in [-0.2, -0.15) is 0 Å². The normalized spacial score (nSPS) is 26.2. The summed E-state index contributed by atoms with van der Waals surface area (Å²) in [6.45, 7) is 1.51. The summed E-state index contributed by atoms with van der Waals surface area (Å²) in [5, 5.41) is 17.3. The van der Waals surface area contributed by atoms with Gasteiger partial charge >= 0.3 is 12.1 Å². The van der Waals surface area contributed by atoms with E-state index in [1.807, 2.05) is 0 Å². The molecule has 1 rings (SSSR count). The van der Waals surface area contributed by atoms with E-state index in [0.717, 1.165) is 19.3 Å². The third kappa shape index (κ3) is 3.56. The molecule has 90 valence electrons. The maximum absolute atomic E-state index is 10.7. The first-order valence-electron chi connectivity index (χ1n) is 5.32. The van der Waals surface area contributed by atoms with Crippen LogP contribution >= 0.6 is 0 Å². The standard InChI is InChI=1S/C11H16O5/c1-7(10(12)13)6-8-4-2-3-5-9(8)16-11(14)15/h6,8-9H,2-5H2,1H3,(H,12,13)(H,14,15). The van der Waals surface area contributed by atoms with Gasteiger partial charge in [0, 0.05) is 11.5 Å². The summed E-state index contributed by atoms with van der Waals surface area (Å²) in [6, 6.07) is 0. The van der Waals surface area contributed by atoms with Gasteiger partial charge in [0.1, 0.15) is 6.10 Å². The molecule has 0 saturated heterocycles. The third-order valence-corrected chi connectivity index (χ3v) is 2.81. The van der Waals surface area contributed by atoms with E-state index in [1.54, 1.807) is 6.08 Å². The zero-order chi connectivity index (χ0) is 12.1. The number of rotatable bonds is 3. The smallest absolute Gasteiger partial charge is 0.478 e. The third-order valence-electron chi connectivity index (χ3n) is 2.81. The van der Waals surface area contributed by atoms with Crippen LogP contribution in [0, 0.1) is 5.92 Å². The monoisotopic (exact) mass is 228 g/mol. The van der Waals surface area contributed by atoms with Crippen LogP contribution in [0.4, 0.5) is 4.79 Å². The Morgan fingerprint density at radius 1 is 1.25 bits per heavy atom. The molecule has 1 fully saturated rings. The van der Waals surface area contributed by atoms with Crippen LogP contribution < -0.4 is 0 Å². The lowest BCUT2D eigenvalue weighted by atomic mass is 9.85. The van der Waals surface area contributed by atoms with Crippen molar-refractivity contribution in [2.75, 3.05) is 0 Å². The molecule has 0 aromatic carbocycles. The van der Waals surface area contributed by atoms with E-state index >= 15 is 0 Å². The van der Waals surface area contributed by atoms with Gasteiger partial charge in [0.25, 0.3) is 0 Å². The minimum Gasteiger partial charge on any atom is -0.478 e. The molecule has 0 spiro atoms. The molecule has 0 bridgehead atoms. The highest BCUT2D eigenvalue weighted by atomic mass is 16.7. The predicted molar refractivity (Wildman–Crippen MR) is 56.2 cm³/mol. The second-order valence-corrected chi connectivity index (χ2v) is 4.03. The second kappa shape index (κ2) is 5.53. The number of carbonyl (C=O) groups is 2. The van der Waals surface area contributed by atoms with Crippen molar-refractivity contribution < 1.29 is 24.5 Å². The Kier molecular flexibility index (Phi) is 4.34. The van der Waals surface area contributed by atoms with E-state index in [0.29, 0.717) is 6.42 Å². The molecular formula is C11H16O5. The van der Waals surface area contributed by atoms with E-state index in [-0.39, 0.29) is 11.5 Å². The fourth-order valence-corrected chi connectivity index (χ4v) is 1.98. The van der Waals surface area contributed by atoms with Gasteiger partial charge in [-0.1, -0.05) is 12.5 Å². The van der Waals surface area contributed by atoms with E-state index in [2.05, 4.69) is 0 Å². The first kappa shape index (κ1) is 12.5. The van der Waals surface area contributed by atoms with Gasteiger partial charge < -0.3 is 14.9 Å². The van der Waals surface area contributed by atoms with Gasteiger partial charge in [-0.05, 0) is 26.2 Å². The molecule has 0 amide bonds. The molecule has 2 unspecified atom stereocenters. The van der Waals surface area contributed by atoms with Gasteiger partial charge in [-0.3, -0.25) is 0 Å². The average Bonchev–Trinajstić information content (AvgIpc) is 2.20. The highest BCUT2D eigenvalue weighted by molar-refractivity contribution is 5.85. The molecule has 5 heteroatoms. The minimum atomic E-state index is -1.29. The van der Waals surface area contributed by atoms with E-state index in [4.69, 9.17) is 14.9 Å². The number of carboxylic acids is 1. The Hall–Kier alpha value is -1.52. The van der Waals surface area contributed by atoms with Gasteiger partial charge in [-0.25, -0.2) is 9.59 Å². The molecule has 5 nitrogen and oxygen atoms in total. The van der Waals surface area contributed by atoms with Gasteiger partial charge in [0.05, 0.1) is 0 Å². The molecule has 0 heterocycles. The molecular weight excluding hydrogens is 212 g/mol. The first-order chi connectivity index (χ1) is 7.50. The molecule has 1 saturated carbocycles. The summed E-state index contributed by atoms with van der Waals surface area (Å²) in [7, 11) is 0. The predicted octanol–water partition coefficient (Wildman–Crippen LogP) is 2.27. The summed E-state index contributed by atoms with van der Waals surface area (Å²) < 4.78 is 4.76. The molecule has 0 radical (unpaired) electrons.